The van der Waals surface area contributed by atoms with Crippen LogP contribution in [0.1, 0.15) is 32.8 Å². The second-order valence-corrected chi connectivity index (χ2v) is 6.23. The number of carbonyl (C=O) groups is 2. The molecule has 1 aromatic rings. The van der Waals surface area contributed by atoms with Gasteiger partial charge in [0.05, 0.1) is 6.61 Å². The fourth-order valence-corrected chi connectivity index (χ4v) is 2.35. The summed E-state index contributed by atoms with van der Waals surface area (Å²) in [6, 6.07) is 7.73. The van der Waals surface area contributed by atoms with Crippen LogP contribution in [0.15, 0.2) is 24.3 Å². The van der Waals surface area contributed by atoms with Gasteiger partial charge in [0.15, 0.2) is 0 Å². The number of rotatable bonds is 3. The van der Waals surface area contributed by atoms with Crippen molar-refractivity contribution in [3.63, 3.8) is 0 Å². The Morgan fingerprint density at radius 3 is 2.71 bits per heavy atom. The third-order valence-corrected chi connectivity index (χ3v) is 3.40. The molecule has 0 radical (unpaired) electrons. The molecule has 0 bridgehead atoms. The van der Waals surface area contributed by atoms with Crippen LogP contribution in [0.5, 0.6) is 0 Å². The normalized spacial score (nSPS) is 15.6. The standard InChI is InChI=1S/C16H22N2O3/c1-16(2,3)12-7-4-5-8-13(12)17-14(19)11-18-9-6-10-21-15(18)20/h4-5,7-8H,6,9-11H2,1-3H3,(H,17,19). The zero-order valence-corrected chi connectivity index (χ0v) is 12.8. The molecule has 0 spiro atoms. The van der Waals surface area contributed by atoms with Crippen LogP contribution < -0.4 is 5.32 Å². The molecular formula is C16H22N2O3. The van der Waals surface area contributed by atoms with Crippen molar-refractivity contribution in [1.82, 2.24) is 4.90 Å². The van der Waals surface area contributed by atoms with Gasteiger partial charge in [0.25, 0.3) is 0 Å². The number of ether oxygens (including phenoxy) is 1. The van der Waals surface area contributed by atoms with E-state index in [1.807, 2.05) is 24.3 Å². The first kappa shape index (κ1) is 15.4. The molecule has 2 rings (SSSR count). The van der Waals surface area contributed by atoms with Crippen LogP contribution in [0.25, 0.3) is 0 Å². The summed E-state index contributed by atoms with van der Waals surface area (Å²) in [7, 11) is 0. The summed E-state index contributed by atoms with van der Waals surface area (Å²) in [5.74, 6) is -0.203. The SMILES string of the molecule is CC(C)(C)c1ccccc1NC(=O)CN1CCCOC1=O. The molecule has 5 nitrogen and oxygen atoms in total. The number of amides is 2. The van der Waals surface area contributed by atoms with Crippen LogP contribution in [-0.4, -0.2) is 36.6 Å². The van der Waals surface area contributed by atoms with E-state index in [4.69, 9.17) is 4.74 Å². The first-order chi connectivity index (χ1) is 9.88. The van der Waals surface area contributed by atoms with Crippen molar-refractivity contribution in [1.29, 1.82) is 0 Å². The highest BCUT2D eigenvalue weighted by Crippen LogP contribution is 2.29. The van der Waals surface area contributed by atoms with Crippen LogP contribution in [0.3, 0.4) is 0 Å². The third-order valence-electron chi connectivity index (χ3n) is 3.40. The van der Waals surface area contributed by atoms with Crippen LogP contribution in [-0.2, 0) is 14.9 Å². The molecular weight excluding hydrogens is 268 g/mol. The van der Waals surface area contributed by atoms with E-state index in [1.165, 1.54) is 4.90 Å². The summed E-state index contributed by atoms with van der Waals surface area (Å²) in [5, 5.41) is 2.90. The number of cyclic esters (lactones) is 1. The summed E-state index contributed by atoms with van der Waals surface area (Å²) >= 11 is 0. The van der Waals surface area contributed by atoms with E-state index in [0.717, 1.165) is 17.7 Å². The highest BCUT2D eigenvalue weighted by atomic mass is 16.6. The van der Waals surface area contributed by atoms with E-state index in [9.17, 15) is 9.59 Å². The molecule has 1 aliphatic rings. The van der Waals surface area contributed by atoms with Crippen molar-refractivity contribution in [3.05, 3.63) is 29.8 Å². The zero-order chi connectivity index (χ0) is 15.5. The van der Waals surface area contributed by atoms with Gasteiger partial charge in [0.2, 0.25) is 5.91 Å². The lowest BCUT2D eigenvalue weighted by Gasteiger charge is -2.26. The van der Waals surface area contributed by atoms with Gasteiger partial charge in [-0.25, -0.2) is 4.79 Å². The Balaban J connectivity index is 2.05. The first-order valence-corrected chi connectivity index (χ1v) is 7.19. The number of para-hydroxylation sites is 1. The predicted octanol–water partition coefficient (Wildman–Crippen LogP) is 2.76. The molecule has 2 amide bonds. The molecule has 0 unspecified atom stereocenters. The average Bonchev–Trinajstić information content (AvgIpc) is 2.41. The molecule has 0 aromatic heterocycles. The van der Waals surface area contributed by atoms with Crippen molar-refractivity contribution in [3.8, 4) is 0 Å². The van der Waals surface area contributed by atoms with E-state index >= 15 is 0 Å². The maximum absolute atomic E-state index is 12.1. The smallest absolute Gasteiger partial charge is 0.410 e. The lowest BCUT2D eigenvalue weighted by Crippen LogP contribution is -2.42. The molecule has 5 heteroatoms. The molecule has 21 heavy (non-hydrogen) atoms. The number of hydrogen-bond donors (Lipinski definition) is 1. The molecule has 0 aliphatic carbocycles. The number of hydrogen-bond acceptors (Lipinski definition) is 3. The lowest BCUT2D eigenvalue weighted by molar-refractivity contribution is -0.117. The Morgan fingerprint density at radius 2 is 2.05 bits per heavy atom. The minimum Gasteiger partial charge on any atom is -0.449 e. The van der Waals surface area contributed by atoms with Gasteiger partial charge in [-0.2, -0.15) is 0 Å². The predicted molar refractivity (Wildman–Crippen MR) is 81.3 cm³/mol. The van der Waals surface area contributed by atoms with Crippen molar-refractivity contribution < 1.29 is 14.3 Å². The van der Waals surface area contributed by atoms with E-state index < -0.39 is 6.09 Å². The minimum atomic E-state index is -0.416. The maximum atomic E-state index is 12.1. The molecule has 1 N–H and O–H groups in total. The third kappa shape index (κ3) is 3.97. The Kier molecular flexibility index (Phi) is 4.50. The van der Waals surface area contributed by atoms with Crippen molar-refractivity contribution in [2.45, 2.75) is 32.6 Å². The van der Waals surface area contributed by atoms with Crippen LogP contribution in [0, 0.1) is 0 Å². The molecule has 1 saturated heterocycles. The first-order valence-electron chi connectivity index (χ1n) is 7.19. The summed E-state index contributed by atoms with van der Waals surface area (Å²) in [6.07, 6.45) is 0.345. The Bertz CT molecular complexity index is 535. The van der Waals surface area contributed by atoms with E-state index in [1.54, 1.807) is 0 Å². The molecule has 1 aliphatic heterocycles. The van der Waals surface area contributed by atoms with E-state index in [2.05, 4.69) is 26.1 Å². The highest BCUT2D eigenvalue weighted by molar-refractivity contribution is 5.94. The van der Waals surface area contributed by atoms with Gasteiger partial charge in [0, 0.05) is 12.2 Å². The largest absolute Gasteiger partial charge is 0.449 e. The maximum Gasteiger partial charge on any atom is 0.410 e. The minimum absolute atomic E-state index is 0.0251. The van der Waals surface area contributed by atoms with Crippen molar-refractivity contribution >= 4 is 17.7 Å². The molecule has 1 aromatic carbocycles. The molecule has 1 heterocycles. The number of anilines is 1. The number of nitrogens with zero attached hydrogens (tertiary/aromatic N) is 1. The van der Waals surface area contributed by atoms with Gasteiger partial charge in [-0.1, -0.05) is 39.0 Å². The number of carbonyl (C=O) groups excluding carboxylic acids is 2. The van der Waals surface area contributed by atoms with Gasteiger partial charge < -0.3 is 10.1 Å². The number of nitrogens with one attached hydrogen (secondary N) is 1. The monoisotopic (exact) mass is 290 g/mol. The summed E-state index contributed by atoms with van der Waals surface area (Å²) in [6.45, 7) is 7.31. The molecule has 1 fully saturated rings. The van der Waals surface area contributed by atoms with Gasteiger partial charge in [0.1, 0.15) is 6.54 Å². The summed E-state index contributed by atoms with van der Waals surface area (Å²) in [5.41, 5.74) is 1.80. The molecule has 0 saturated carbocycles. The van der Waals surface area contributed by atoms with Crippen LogP contribution in [0.2, 0.25) is 0 Å². The highest BCUT2D eigenvalue weighted by Gasteiger charge is 2.23. The fraction of sp³-hybridized carbons (Fsp3) is 0.500. The van der Waals surface area contributed by atoms with E-state index in [0.29, 0.717) is 13.2 Å². The van der Waals surface area contributed by atoms with Gasteiger partial charge >= 0.3 is 6.09 Å². The second kappa shape index (κ2) is 6.16. The van der Waals surface area contributed by atoms with E-state index in [-0.39, 0.29) is 17.9 Å². The molecule has 114 valence electrons. The summed E-state index contributed by atoms with van der Waals surface area (Å²) < 4.78 is 4.93. The van der Waals surface area contributed by atoms with Crippen LogP contribution >= 0.6 is 0 Å². The van der Waals surface area contributed by atoms with Gasteiger partial charge in [-0.15, -0.1) is 0 Å². The van der Waals surface area contributed by atoms with Crippen LogP contribution in [0.4, 0.5) is 10.5 Å². The van der Waals surface area contributed by atoms with Gasteiger partial charge in [-0.05, 0) is 23.5 Å². The summed E-state index contributed by atoms with van der Waals surface area (Å²) in [4.78, 5) is 25.1. The van der Waals surface area contributed by atoms with Crippen molar-refractivity contribution in [2.24, 2.45) is 0 Å². The Hall–Kier alpha value is -2.04. The topological polar surface area (TPSA) is 58.6 Å². The van der Waals surface area contributed by atoms with Gasteiger partial charge in [-0.3, -0.25) is 9.69 Å². The van der Waals surface area contributed by atoms with Crippen molar-refractivity contribution in [2.75, 3.05) is 25.0 Å². The lowest BCUT2D eigenvalue weighted by atomic mass is 9.86. The average molecular weight is 290 g/mol. The Labute approximate surface area is 125 Å². The Morgan fingerprint density at radius 1 is 1.33 bits per heavy atom. The quantitative estimate of drug-likeness (QED) is 0.931. The second-order valence-electron chi connectivity index (χ2n) is 6.23. The zero-order valence-electron chi connectivity index (χ0n) is 12.8. The molecule has 0 atom stereocenters. The number of benzene rings is 1. The fourth-order valence-electron chi connectivity index (χ4n) is 2.35.